The molecule has 0 bridgehead atoms. The average molecular weight is 372 g/mol. The minimum absolute atomic E-state index is 0.151. The van der Waals surface area contributed by atoms with Gasteiger partial charge in [0.25, 0.3) is 0 Å². The largest absolute Gasteiger partial charge is 0.324 e. The number of nitrogens with zero attached hydrogens (tertiary/aromatic N) is 1. The summed E-state index contributed by atoms with van der Waals surface area (Å²) in [6.45, 7) is 4.54. The van der Waals surface area contributed by atoms with E-state index in [1.54, 1.807) is 29.2 Å². The highest BCUT2D eigenvalue weighted by Crippen LogP contribution is 2.23. The van der Waals surface area contributed by atoms with Crippen molar-refractivity contribution < 1.29 is 9.59 Å². The Bertz CT molecular complexity index is 820. The Kier molecular flexibility index (Phi) is 5.47. The third kappa shape index (κ3) is 3.99. The van der Waals surface area contributed by atoms with Crippen LogP contribution in [0.5, 0.6) is 0 Å². The number of halogens is 1. The number of hydrogen-bond donors (Lipinski definition) is 2. The van der Waals surface area contributed by atoms with Crippen LogP contribution >= 0.6 is 11.6 Å². The molecule has 1 fully saturated rings. The number of nitrogens with one attached hydrogen (secondary N) is 2. The lowest BCUT2D eigenvalue weighted by atomic mass is 10.1. The fraction of sp³-hybridized carbons (Fsp3) is 0.300. The molecular formula is C20H22ClN3O2. The SMILES string of the molecule is Cc1cccc(NC(=O)[C@H]2CCCN2C(=O)Nc2ccc(Cl)cc2)c1C. The molecule has 0 radical (unpaired) electrons. The number of amides is 3. The van der Waals surface area contributed by atoms with Crippen LogP contribution in [0.25, 0.3) is 0 Å². The smallest absolute Gasteiger partial charge is 0.322 e. The van der Waals surface area contributed by atoms with Gasteiger partial charge in [-0.3, -0.25) is 4.79 Å². The zero-order chi connectivity index (χ0) is 18.7. The summed E-state index contributed by atoms with van der Waals surface area (Å²) in [4.78, 5) is 26.9. The van der Waals surface area contributed by atoms with Crippen LogP contribution in [0, 0.1) is 13.8 Å². The van der Waals surface area contributed by atoms with Gasteiger partial charge >= 0.3 is 6.03 Å². The summed E-state index contributed by atoms with van der Waals surface area (Å²) in [5, 5.41) is 6.41. The number of urea groups is 1. The molecule has 6 heteroatoms. The summed E-state index contributed by atoms with van der Waals surface area (Å²) in [6, 6.07) is 12.0. The summed E-state index contributed by atoms with van der Waals surface area (Å²) >= 11 is 5.86. The zero-order valence-corrected chi connectivity index (χ0v) is 15.6. The molecule has 2 N–H and O–H groups in total. The van der Waals surface area contributed by atoms with E-state index in [4.69, 9.17) is 11.6 Å². The summed E-state index contributed by atoms with van der Waals surface area (Å²) in [7, 11) is 0. The standard InChI is InChI=1S/C20H22ClN3O2/c1-13-5-3-6-17(14(13)2)23-19(25)18-7-4-12-24(18)20(26)22-16-10-8-15(21)9-11-16/h3,5-6,8-11,18H,4,7,12H2,1-2H3,(H,22,26)(H,23,25)/t18-/m1/s1. The molecule has 0 saturated carbocycles. The third-order valence-electron chi connectivity index (χ3n) is 4.77. The highest BCUT2D eigenvalue weighted by Gasteiger charge is 2.34. The first-order valence-corrected chi connectivity index (χ1v) is 9.04. The fourth-order valence-corrected chi connectivity index (χ4v) is 3.24. The molecule has 2 aromatic rings. The van der Waals surface area contributed by atoms with Crippen molar-refractivity contribution in [3.63, 3.8) is 0 Å². The molecule has 26 heavy (non-hydrogen) atoms. The molecule has 3 rings (SSSR count). The van der Waals surface area contributed by atoms with Crippen LogP contribution in [-0.2, 0) is 4.79 Å². The van der Waals surface area contributed by atoms with Crippen molar-refractivity contribution in [2.45, 2.75) is 32.7 Å². The lowest BCUT2D eigenvalue weighted by Crippen LogP contribution is -2.45. The van der Waals surface area contributed by atoms with Crippen molar-refractivity contribution in [2.24, 2.45) is 0 Å². The van der Waals surface area contributed by atoms with Gasteiger partial charge in [0, 0.05) is 22.9 Å². The van der Waals surface area contributed by atoms with Crippen molar-refractivity contribution in [2.75, 3.05) is 17.2 Å². The van der Waals surface area contributed by atoms with Gasteiger partial charge in [0.2, 0.25) is 5.91 Å². The zero-order valence-electron chi connectivity index (χ0n) is 14.9. The van der Waals surface area contributed by atoms with Crippen molar-refractivity contribution in [3.05, 3.63) is 58.6 Å². The quantitative estimate of drug-likeness (QED) is 0.828. The second kappa shape index (κ2) is 7.79. The van der Waals surface area contributed by atoms with Crippen LogP contribution < -0.4 is 10.6 Å². The first kappa shape index (κ1) is 18.3. The van der Waals surface area contributed by atoms with Crippen LogP contribution in [0.4, 0.5) is 16.2 Å². The van der Waals surface area contributed by atoms with E-state index in [1.807, 2.05) is 32.0 Å². The fourth-order valence-electron chi connectivity index (χ4n) is 3.11. The molecule has 5 nitrogen and oxygen atoms in total. The number of hydrogen-bond acceptors (Lipinski definition) is 2. The lowest BCUT2D eigenvalue weighted by Gasteiger charge is -2.24. The molecule has 2 aromatic carbocycles. The maximum Gasteiger partial charge on any atom is 0.322 e. The minimum atomic E-state index is -0.470. The van der Waals surface area contributed by atoms with E-state index in [0.717, 1.165) is 23.2 Å². The number of carbonyl (C=O) groups excluding carboxylic acids is 2. The van der Waals surface area contributed by atoms with Crippen LogP contribution in [0.3, 0.4) is 0 Å². The van der Waals surface area contributed by atoms with Crippen LogP contribution in [0.2, 0.25) is 5.02 Å². The second-order valence-corrected chi connectivity index (χ2v) is 6.96. The molecule has 0 aromatic heterocycles. The summed E-state index contributed by atoms with van der Waals surface area (Å²) in [5.41, 5.74) is 3.60. The molecule has 0 aliphatic carbocycles. The summed E-state index contributed by atoms with van der Waals surface area (Å²) in [5.74, 6) is -0.151. The van der Waals surface area contributed by atoms with Gasteiger partial charge in [-0.15, -0.1) is 0 Å². The molecule has 1 atom stereocenters. The van der Waals surface area contributed by atoms with Crippen molar-refractivity contribution in [1.82, 2.24) is 4.90 Å². The van der Waals surface area contributed by atoms with Gasteiger partial charge in [0.05, 0.1) is 0 Å². The molecule has 3 amide bonds. The van der Waals surface area contributed by atoms with E-state index >= 15 is 0 Å². The Balaban J connectivity index is 1.68. The average Bonchev–Trinajstić information content (AvgIpc) is 3.11. The lowest BCUT2D eigenvalue weighted by molar-refractivity contribution is -0.119. The van der Waals surface area contributed by atoms with E-state index in [9.17, 15) is 9.59 Å². The first-order valence-electron chi connectivity index (χ1n) is 8.66. The first-order chi connectivity index (χ1) is 12.5. The molecule has 0 spiro atoms. The number of carbonyl (C=O) groups is 2. The minimum Gasteiger partial charge on any atom is -0.324 e. The Morgan fingerprint density at radius 3 is 2.54 bits per heavy atom. The second-order valence-electron chi connectivity index (χ2n) is 6.53. The Morgan fingerprint density at radius 2 is 1.81 bits per heavy atom. The van der Waals surface area contributed by atoms with Gasteiger partial charge in [-0.2, -0.15) is 0 Å². The normalized spacial score (nSPS) is 16.4. The van der Waals surface area contributed by atoms with Crippen LogP contribution in [-0.4, -0.2) is 29.4 Å². The molecule has 1 saturated heterocycles. The van der Waals surface area contributed by atoms with Crippen LogP contribution in [0.15, 0.2) is 42.5 Å². The third-order valence-corrected chi connectivity index (χ3v) is 5.03. The van der Waals surface area contributed by atoms with Gasteiger partial charge in [0.1, 0.15) is 6.04 Å². The Morgan fingerprint density at radius 1 is 1.08 bits per heavy atom. The van der Waals surface area contributed by atoms with E-state index in [2.05, 4.69) is 10.6 Å². The van der Waals surface area contributed by atoms with E-state index in [1.165, 1.54) is 0 Å². The highest BCUT2D eigenvalue weighted by molar-refractivity contribution is 6.30. The van der Waals surface area contributed by atoms with Gasteiger partial charge in [-0.05, 0) is 68.1 Å². The van der Waals surface area contributed by atoms with Crippen molar-refractivity contribution >= 4 is 34.9 Å². The van der Waals surface area contributed by atoms with Crippen molar-refractivity contribution in [1.29, 1.82) is 0 Å². The molecule has 0 unspecified atom stereocenters. The number of aryl methyl sites for hydroxylation is 1. The number of anilines is 2. The molecular weight excluding hydrogens is 350 g/mol. The molecule has 136 valence electrons. The highest BCUT2D eigenvalue weighted by atomic mass is 35.5. The summed E-state index contributed by atoms with van der Waals surface area (Å²) in [6.07, 6.45) is 1.46. The molecule has 1 heterocycles. The number of benzene rings is 2. The van der Waals surface area contributed by atoms with Gasteiger partial charge in [-0.1, -0.05) is 23.7 Å². The van der Waals surface area contributed by atoms with E-state index in [0.29, 0.717) is 23.7 Å². The molecule has 1 aliphatic rings. The maximum absolute atomic E-state index is 12.7. The van der Waals surface area contributed by atoms with Gasteiger partial charge in [-0.25, -0.2) is 4.79 Å². The Hall–Kier alpha value is -2.53. The molecule has 1 aliphatic heterocycles. The topological polar surface area (TPSA) is 61.4 Å². The van der Waals surface area contributed by atoms with E-state index in [-0.39, 0.29) is 11.9 Å². The van der Waals surface area contributed by atoms with E-state index < -0.39 is 6.04 Å². The van der Waals surface area contributed by atoms with Gasteiger partial charge in [0.15, 0.2) is 0 Å². The Labute approximate surface area is 158 Å². The number of rotatable bonds is 3. The summed E-state index contributed by atoms with van der Waals surface area (Å²) < 4.78 is 0. The predicted octanol–water partition coefficient (Wildman–Crippen LogP) is 4.59. The maximum atomic E-state index is 12.7. The number of likely N-dealkylation sites (tertiary alicyclic amines) is 1. The van der Waals surface area contributed by atoms with Crippen LogP contribution in [0.1, 0.15) is 24.0 Å². The van der Waals surface area contributed by atoms with Crippen molar-refractivity contribution in [3.8, 4) is 0 Å². The van der Waals surface area contributed by atoms with Gasteiger partial charge < -0.3 is 15.5 Å². The predicted molar refractivity (Wildman–Crippen MR) is 105 cm³/mol. The monoisotopic (exact) mass is 371 g/mol.